The minimum Gasteiger partial charge on any atom is -0.481 e. The lowest BCUT2D eigenvalue weighted by molar-refractivity contribution is -0.136. The van der Waals surface area contributed by atoms with Crippen LogP contribution in [0.2, 0.25) is 0 Å². The number of rotatable bonds is 8. The van der Waals surface area contributed by atoms with Gasteiger partial charge >= 0.3 is 5.97 Å². The van der Waals surface area contributed by atoms with Gasteiger partial charge in [0.15, 0.2) is 0 Å². The molecule has 0 aliphatic carbocycles. The smallest absolute Gasteiger partial charge is 0.307 e. The first kappa shape index (κ1) is 16.2. The number of unbranched alkanes of at least 4 members (excludes halogenated alkanes) is 2. The minimum absolute atomic E-state index is 0.0735. The summed E-state index contributed by atoms with van der Waals surface area (Å²) in [5.41, 5.74) is 3.01. The lowest BCUT2D eigenvalue weighted by atomic mass is 10.0. The van der Waals surface area contributed by atoms with Crippen LogP contribution in [0, 0.1) is 0 Å². The Balaban J connectivity index is 2.97. The molecule has 1 N–H and O–H groups in total. The molecule has 0 bridgehead atoms. The van der Waals surface area contributed by atoms with Crippen molar-refractivity contribution in [3.63, 3.8) is 0 Å². The van der Waals surface area contributed by atoms with Gasteiger partial charge in [-0.2, -0.15) is 0 Å². The highest BCUT2D eigenvalue weighted by molar-refractivity contribution is 5.71. The van der Waals surface area contributed by atoms with Gasteiger partial charge in [-0.1, -0.05) is 63.1 Å². The predicted molar refractivity (Wildman–Crippen MR) is 85.7 cm³/mol. The highest BCUT2D eigenvalue weighted by Crippen LogP contribution is 2.15. The molecule has 0 saturated carbocycles. The summed E-state index contributed by atoms with van der Waals surface area (Å²) in [4.78, 5) is 10.9. The fourth-order valence-corrected chi connectivity index (χ4v) is 1.99. The standard InChI is InChI=1S/C18H24O2/c1-3-5-7-9-15-11-16(10-8-6-4-2)13-17(12-15)14-18(19)20/h7-13H,3-6,14H2,1-2H3,(H,19,20). The van der Waals surface area contributed by atoms with Gasteiger partial charge in [-0.25, -0.2) is 0 Å². The van der Waals surface area contributed by atoms with Gasteiger partial charge in [-0.15, -0.1) is 0 Å². The molecule has 1 rings (SSSR count). The van der Waals surface area contributed by atoms with Gasteiger partial charge in [-0.3, -0.25) is 4.79 Å². The first-order valence-corrected chi connectivity index (χ1v) is 7.34. The van der Waals surface area contributed by atoms with Gasteiger partial charge in [0.2, 0.25) is 0 Å². The molecular weight excluding hydrogens is 248 g/mol. The van der Waals surface area contributed by atoms with Crippen LogP contribution in [0.1, 0.15) is 56.2 Å². The summed E-state index contributed by atoms with van der Waals surface area (Å²) in [5.74, 6) is -0.789. The van der Waals surface area contributed by atoms with Gasteiger partial charge in [-0.05, 0) is 35.6 Å². The molecule has 2 heteroatoms. The van der Waals surface area contributed by atoms with Gasteiger partial charge in [0.25, 0.3) is 0 Å². The molecule has 0 amide bonds. The van der Waals surface area contributed by atoms with Crippen LogP contribution in [0.4, 0.5) is 0 Å². The second-order valence-electron chi connectivity index (χ2n) is 4.96. The van der Waals surface area contributed by atoms with Gasteiger partial charge < -0.3 is 5.11 Å². The van der Waals surface area contributed by atoms with E-state index in [1.807, 2.05) is 12.1 Å². The van der Waals surface area contributed by atoms with Crippen molar-refractivity contribution in [1.82, 2.24) is 0 Å². The topological polar surface area (TPSA) is 37.3 Å². The lowest BCUT2D eigenvalue weighted by Crippen LogP contribution is -2.00. The predicted octanol–water partition coefficient (Wildman–Crippen LogP) is 4.94. The second-order valence-corrected chi connectivity index (χ2v) is 4.96. The maximum Gasteiger partial charge on any atom is 0.307 e. The maximum absolute atomic E-state index is 10.9. The van der Waals surface area contributed by atoms with Crippen molar-refractivity contribution in [2.24, 2.45) is 0 Å². The maximum atomic E-state index is 10.9. The summed E-state index contributed by atoms with van der Waals surface area (Å²) in [5, 5.41) is 8.94. The number of aliphatic carboxylic acids is 1. The monoisotopic (exact) mass is 272 g/mol. The molecule has 20 heavy (non-hydrogen) atoms. The van der Waals surface area contributed by atoms with Crippen LogP contribution in [0.5, 0.6) is 0 Å². The Morgan fingerprint density at radius 2 is 1.50 bits per heavy atom. The lowest BCUT2D eigenvalue weighted by Gasteiger charge is -2.04. The van der Waals surface area contributed by atoms with Crippen LogP contribution in [-0.2, 0) is 11.2 Å². The van der Waals surface area contributed by atoms with Crippen molar-refractivity contribution in [3.05, 3.63) is 47.0 Å². The third kappa shape index (κ3) is 6.37. The van der Waals surface area contributed by atoms with E-state index in [0.717, 1.165) is 42.4 Å². The third-order valence-corrected chi connectivity index (χ3v) is 2.92. The highest BCUT2D eigenvalue weighted by atomic mass is 16.4. The van der Waals surface area contributed by atoms with Crippen LogP contribution in [0.3, 0.4) is 0 Å². The Bertz CT molecular complexity index is 450. The molecule has 0 radical (unpaired) electrons. The fourth-order valence-electron chi connectivity index (χ4n) is 1.99. The number of hydrogen-bond donors (Lipinski definition) is 1. The molecule has 1 aromatic carbocycles. The summed E-state index contributed by atoms with van der Waals surface area (Å²) in [7, 11) is 0. The average molecular weight is 272 g/mol. The van der Waals surface area contributed by atoms with E-state index in [4.69, 9.17) is 5.11 Å². The average Bonchev–Trinajstić information content (AvgIpc) is 2.38. The molecule has 108 valence electrons. The zero-order valence-corrected chi connectivity index (χ0v) is 12.4. The van der Waals surface area contributed by atoms with Gasteiger partial charge in [0, 0.05) is 0 Å². The molecule has 0 saturated heterocycles. The number of allylic oxidation sites excluding steroid dienone is 2. The SMILES string of the molecule is CCCC=Cc1cc(C=CCCC)cc(CC(=O)O)c1. The summed E-state index contributed by atoms with van der Waals surface area (Å²) < 4.78 is 0. The van der Waals surface area contributed by atoms with Crippen LogP contribution < -0.4 is 0 Å². The van der Waals surface area contributed by atoms with E-state index in [1.54, 1.807) is 0 Å². The Kier molecular flexibility index (Phi) is 7.41. The first-order valence-electron chi connectivity index (χ1n) is 7.34. The summed E-state index contributed by atoms with van der Waals surface area (Å²) >= 11 is 0. The highest BCUT2D eigenvalue weighted by Gasteiger charge is 2.02. The van der Waals surface area contributed by atoms with E-state index in [2.05, 4.69) is 44.2 Å². The molecule has 0 spiro atoms. The van der Waals surface area contributed by atoms with Crippen molar-refractivity contribution < 1.29 is 9.90 Å². The van der Waals surface area contributed by atoms with Crippen LogP contribution in [0.25, 0.3) is 12.2 Å². The van der Waals surface area contributed by atoms with E-state index in [1.165, 1.54) is 0 Å². The van der Waals surface area contributed by atoms with Crippen LogP contribution in [-0.4, -0.2) is 11.1 Å². The molecular formula is C18H24O2. The quantitative estimate of drug-likeness (QED) is 0.727. The number of benzene rings is 1. The van der Waals surface area contributed by atoms with Crippen LogP contribution in [0.15, 0.2) is 30.4 Å². The van der Waals surface area contributed by atoms with Gasteiger partial charge in [0.05, 0.1) is 6.42 Å². The number of carboxylic acids is 1. The van der Waals surface area contributed by atoms with E-state index < -0.39 is 5.97 Å². The minimum atomic E-state index is -0.789. The molecule has 1 aromatic rings. The molecule has 0 fully saturated rings. The normalized spacial score (nSPS) is 11.5. The number of carbonyl (C=O) groups is 1. The summed E-state index contributed by atoms with van der Waals surface area (Å²) in [6, 6.07) is 6.01. The molecule has 0 heterocycles. The zero-order valence-electron chi connectivity index (χ0n) is 12.4. The van der Waals surface area contributed by atoms with Crippen molar-refractivity contribution in [3.8, 4) is 0 Å². The molecule has 0 aliphatic rings. The largest absolute Gasteiger partial charge is 0.481 e. The van der Waals surface area contributed by atoms with Crippen molar-refractivity contribution in [2.45, 2.75) is 46.0 Å². The summed E-state index contributed by atoms with van der Waals surface area (Å²) in [6.45, 7) is 4.29. The molecule has 2 nitrogen and oxygen atoms in total. The number of hydrogen-bond acceptors (Lipinski definition) is 1. The Morgan fingerprint density at radius 1 is 1.00 bits per heavy atom. The molecule has 0 atom stereocenters. The number of carboxylic acid groups (broad SMARTS) is 1. The molecule has 0 aliphatic heterocycles. The molecule has 0 aromatic heterocycles. The van der Waals surface area contributed by atoms with E-state index in [0.29, 0.717) is 0 Å². The Labute approximate surface area is 121 Å². The van der Waals surface area contributed by atoms with Crippen LogP contribution >= 0.6 is 0 Å². The van der Waals surface area contributed by atoms with E-state index in [-0.39, 0.29) is 6.42 Å². The Hall–Kier alpha value is -1.83. The van der Waals surface area contributed by atoms with Crippen molar-refractivity contribution in [2.75, 3.05) is 0 Å². The zero-order chi connectivity index (χ0) is 14.8. The van der Waals surface area contributed by atoms with E-state index in [9.17, 15) is 4.79 Å². The summed E-state index contributed by atoms with van der Waals surface area (Å²) in [6.07, 6.45) is 12.8. The van der Waals surface area contributed by atoms with Crippen molar-refractivity contribution in [1.29, 1.82) is 0 Å². The van der Waals surface area contributed by atoms with E-state index >= 15 is 0 Å². The Morgan fingerprint density at radius 3 is 1.90 bits per heavy atom. The third-order valence-electron chi connectivity index (χ3n) is 2.92. The van der Waals surface area contributed by atoms with Gasteiger partial charge in [0.1, 0.15) is 0 Å². The van der Waals surface area contributed by atoms with Crippen molar-refractivity contribution >= 4 is 18.1 Å². The fraction of sp³-hybridized carbons (Fsp3) is 0.389. The first-order chi connectivity index (χ1) is 9.65. The second kappa shape index (κ2) is 9.13. The molecule has 0 unspecified atom stereocenters.